The van der Waals surface area contributed by atoms with Crippen LogP contribution in [0.2, 0.25) is 0 Å². The number of carbonyl (C=O) groups excluding carboxylic acids is 2. The summed E-state index contributed by atoms with van der Waals surface area (Å²) in [6.07, 6.45) is 0. The van der Waals surface area contributed by atoms with Crippen LogP contribution in [-0.4, -0.2) is 11.9 Å². The molecule has 0 saturated heterocycles. The quantitative estimate of drug-likeness (QED) is 0.193. The summed E-state index contributed by atoms with van der Waals surface area (Å²) in [5, 5.41) is 10.3. The maximum Gasteiger partial charge on any atom is 0.511 e. The number of rotatable bonds is 0. The summed E-state index contributed by atoms with van der Waals surface area (Å²) in [5.41, 5.74) is -1.24. The third kappa shape index (κ3) is 3.77. The zero-order valence-corrected chi connectivity index (χ0v) is 9.63. The van der Waals surface area contributed by atoms with Gasteiger partial charge in [0.2, 0.25) is 0 Å². The van der Waals surface area contributed by atoms with E-state index >= 15 is 0 Å². The molecule has 0 radical (unpaired) electrons. The number of ether oxygens (including phenoxy) is 1. The van der Waals surface area contributed by atoms with Gasteiger partial charge in [-0.25, -0.2) is 9.53 Å². The average Bonchev–Trinajstić information content (AvgIpc) is 1.95. The van der Waals surface area contributed by atoms with Gasteiger partial charge < -0.3 is 5.26 Å². The van der Waals surface area contributed by atoms with Gasteiger partial charge in [-0.2, -0.15) is 0 Å². The van der Waals surface area contributed by atoms with E-state index in [1.807, 2.05) is 0 Å². The van der Waals surface area contributed by atoms with Gasteiger partial charge in [-0.05, 0) is 41.5 Å². The number of carbonyl (C=O) groups is 1. The fraction of sp³-hybridized carbons (Fsp3) is 0.800. The lowest BCUT2D eigenvalue weighted by Gasteiger charge is -2.14. The first kappa shape index (κ1) is 12.9. The van der Waals surface area contributed by atoms with Crippen molar-refractivity contribution in [1.29, 1.82) is 0 Å². The van der Waals surface area contributed by atoms with Gasteiger partial charge in [0, 0.05) is 0 Å². The fourth-order valence-electron chi connectivity index (χ4n) is 0.532. The highest BCUT2D eigenvalue weighted by Crippen LogP contribution is 2.20. The van der Waals surface area contributed by atoms with Gasteiger partial charge in [0.05, 0.1) is 5.41 Å². The molecule has 0 N–H and O–H groups in total. The highest BCUT2D eigenvalue weighted by Gasteiger charge is 2.40. The Kier molecular flexibility index (Phi) is 3.68. The van der Waals surface area contributed by atoms with Crippen LogP contribution >= 0.6 is 0 Å². The van der Waals surface area contributed by atoms with E-state index in [0.717, 1.165) is 0 Å². The second-order valence-corrected chi connectivity index (χ2v) is 5.26. The van der Waals surface area contributed by atoms with Gasteiger partial charge in [-0.15, -0.1) is 0 Å². The summed E-state index contributed by atoms with van der Waals surface area (Å²) in [4.78, 5) is 11.4. The Bertz CT molecular complexity index is 240. The van der Waals surface area contributed by atoms with Crippen molar-refractivity contribution in [3.63, 3.8) is 0 Å². The molecule has 0 aromatic carbocycles. The number of hydrogen-bond donors (Lipinski definition) is 0. The predicted octanol–water partition coefficient (Wildman–Crippen LogP) is 0.959. The molecule has 82 valence electrons. The molecule has 0 aliphatic carbocycles. The van der Waals surface area contributed by atoms with Gasteiger partial charge in [0.1, 0.15) is 5.41 Å². The minimum atomic E-state index is -0.644. The van der Waals surface area contributed by atoms with Crippen LogP contribution < -0.4 is 5.26 Å². The zero-order chi connectivity index (χ0) is 11.6. The Morgan fingerprint density at radius 1 is 1.07 bits per heavy atom. The average molecular weight is 202 g/mol. The Balaban J connectivity index is 4.61. The van der Waals surface area contributed by atoms with E-state index in [2.05, 4.69) is 4.58 Å². The highest BCUT2D eigenvalue weighted by atomic mass is 17.1. The highest BCUT2D eigenvalue weighted by molar-refractivity contribution is 5.90. The first-order valence-electron chi connectivity index (χ1n) is 4.48. The number of hydrogen-bond acceptors (Lipinski definition) is 3. The van der Waals surface area contributed by atoms with Crippen molar-refractivity contribution in [2.75, 3.05) is 0 Å². The zero-order valence-electron chi connectivity index (χ0n) is 9.63. The summed E-state index contributed by atoms with van der Waals surface area (Å²) in [7, 11) is 0. The molecule has 0 aliphatic heterocycles. The van der Waals surface area contributed by atoms with E-state index in [-0.39, 0.29) is 5.97 Å². The normalized spacial score (nSPS) is 14.0. The molecule has 0 saturated carbocycles. The van der Waals surface area contributed by atoms with Crippen LogP contribution in [0.1, 0.15) is 41.5 Å². The molecular weight excluding hydrogens is 184 g/mol. The maximum atomic E-state index is 11.4. The summed E-state index contributed by atoms with van der Waals surface area (Å²) >= 11 is 0. The van der Waals surface area contributed by atoms with Crippen molar-refractivity contribution in [3.8, 4) is 0 Å². The summed E-state index contributed by atoms with van der Waals surface area (Å²) < 4.78 is 8.68. The molecule has 0 aromatic rings. The van der Waals surface area contributed by atoms with Crippen molar-refractivity contribution < 1.29 is 19.4 Å². The summed E-state index contributed by atoms with van der Waals surface area (Å²) in [6.45, 7) is 10.3. The van der Waals surface area contributed by atoms with E-state index in [0.29, 0.717) is 0 Å². The lowest BCUT2D eigenvalue weighted by atomic mass is 9.95. The Morgan fingerprint density at radius 3 is 1.71 bits per heavy atom. The molecule has 0 fully saturated rings. The van der Waals surface area contributed by atoms with Crippen LogP contribution in [0.4, 0.5) is 0 Å². The molecule has 0 atom stereocenters. The lowest BCUT2D eigenvalue weighted by molar-refractivity contribution is -1.05. The van der Waals surface area contributed by atoms with Crippen LogP contribution in [0.25, 0.3) is 0 Å². The molecule has 0 unspecified atom stereocenters. The molecule has 14 heavy (non-hydrogen) atoms. The van der Waals surface area contributed by atoms with Crippen molar-refractivity contribution in [2.24, 2.45) is 10.8 Å². The van der Waals surface area contributed by atoms with Gasteiger partial charge in [-0.1, -0.05) is 0 Å². The SMILES string of the molecule is CC(C)(C)C(=O)OC(=[O+][O-])C(C)(C)C. The monoisotopic (exact) mass is 202 g/mol. The van der Waals surface area contributed by atoms with E-state index in [1.54, 1.807) is 41.5 Å². The van der Waals surface area contributed by atoms with Crippen LogP contribution in [0.5, 0.6) is 0 Å². The topological polar surface area (TPSA) is 60.7 Å². The standard InChI is InChI=1S/C10H18O4/c1-9(2,3)7(11)13-8(14-12)10(4,5)6/h1-6H3. The third-order valence-corrected chi connectivity index (χ3v) is 1.49. The molecular formula is C10H18O4. The lowest BCUT2D eigenvalue weighted by Crippen LogP contribution is -2.34. The van der Waals surface area contributed by atoms with Gasteiger partial charge >= 0.3 is 11.9 Å². The van der Waals surface area contributed by atoms with Crippen molar-refractivity contribution in [3.05, 3.63) is 0 Å². The largest absolute Gasteiger partial charge is 0.588 e. The molecule has 0 aromatic heterocycles. The molecule has 0 spiro atoms. The Hall–Kier alpha value is -1.06. The van der Waals surface area contributed by atoms with Gasteiger partial charge in [0.15, 0.2) is 0 Å². The van der Waals surface area contributed by atoms with Crippen molar-refractivity contribution >= 4 is 11.9 Å². The van der Waals surface area contributed by atoms with Gasteiger partial charge in [0.25, 0.3) is 0 Å². The van der Waals surface area contributed by atoms with Gasteiger partial charge in [-0.3, -0.25) is 4.58 Å². The molecule has 4 nitrogen and oxygen atoms in total. The van der Waals surface area contributed by atoms with Crippen molar-refractivity contribution in [1.82, 2.24) is 0 Å². The molecule has 0 bridgehead atoms. The van der Waals surface area contributed by atoms with Crippen LogP contribution in [0.3, 0.4) is 0 Å². The first-order chi connectivity index (χ1) is 6.09. The minimum Gasteiger partial charge on any atom is -0.588 e. The minimum absolute atomic E-state index is 0.197. The molecule has 0 rings (SSSR count). The van der Waals surface area contributed by atoms with Crippen molar-refractivity contribution in [2.45, 2.75) is 41.5 Å². The molecule has 4 heteroatoms. The molecule has 0 aliphatic rings. The van der Waals surface area contributed by atoms with E-state index in [4.69, 9.17) is 4.74 Å². The smallest absolute Gasteiger partial charge is 0.511 e. The Morgan fingerprint density at radius 2 is 1.50 bits per heavy atom. The fourth-order valence-corrected chi connectivity index (χ4v) is 0.532. The Labute approximate surface area is 84.5 Å². The molecule has 0 heterocycles. The first-order valence-corrected chi connectivity index (χ1v) is 4.48. The molecule has 0 amide bonds. The van der Waals surface area contributed by atoms with E-state index < -0.39 is 16.8 Å². The second kappa shape index (κ2) is 3.98. The summed E-state index contributed by atoms with van der Waals surface area (Å²) in [6, 6.07) is 0. The second-order valence-electron chi connectivity index (χ2n) is 5.26. The third-order valence-electron chi connectivity index (χ3n) is 1.49. The predicted molar refractivity (Wildman–Crippen MR) is 50.0 cm³/mol. The van der Waals surface area contributed by atoms with E-state index in [9.17, 15) is 10.1 Å². The van der Waals surface area contributed by atoms with Crippen LogP contribution in [0.15, 0.2) is 0 Å². The van der Waals surface area contributed by atoms with Crippen LogP contribution in [0, 0.1) is 10.8 Å². The number of esters is 2. The summed E-state index contributed by atoms with van der Waals surface area (Å²) in [5.74, 6) is -0.671. The van der Waals surface area contributed by atoms with E-state index in [1.165, 1.54) is 0 Å². The van der Waals surface area contributed by atoms with Crippen LogP contribution in [-0.2, 0) is 14.1 Å². The maximum absolute atomic E-state index is 11.4.